The van der Waals surface area contributed by atoms with E-state index in [-0.39, 0.29) is 472 Å². The molecule has 0 aliphatic rings. The van der Waals surface area contributed by atoms with Gasteiger partial charge in [-0.25, -0.2) is 0 Å². The van der Waals surface area contributed by atoms with Crippen LogP contribution in [0.4, 0.5) is 0 Å². The van der Waals surface area contributed by atoms with Crippen LogP contribution < -0.4 is 0 Å². The van der Waals surface area contributed by atoms with Gasteiger partial charge in [0, 0.05) is 253 Å². The Morgan fingerprint density at radius 1 is 0.0577 bits per heavy atom. The van der Waals surface area contributed by atoms with Gasteiger partial charge in [0.2, 0.25) is 0 Å². The molecule has 0 fully saturated rings. The van der Waals surface area contributed by atoms with Crippen molar-refractivity contribution in [2.45, 2.75) is 0 Å². The van der Waals surface area contributed by atoms with E-state index in [2.05, 4.69) is 0 Å². The predicted molar refractivity (Wildman–Crippen MR) is 150 cm³/mol. The minimum absolute atomic E-state index is 0. The minimum Gasteiger partial charge on any atom is -0.457 e. The van der Waals surface area contributed by atoms with Gasteiger partial charge >= 0.3 is 0 Å². The molecule has 52 heteroatoms. The minimum atomic E-state index is 0. The van der Waals surface area contributed by atoms with Crippen LogP contribution in [0.25, 0.3) is 0 Å². The van der Waals surface area contributed by atoms with Crippen molar-refractivity contribution in [3.05, 3.63) is 0 Å². The van der Waals surface area contributed by atoms with Crippen molar-refractivity contribution in [2.75, 3.05) is 0 Å². The number of hydrogen-bond donors (Lipinski definition) is 0. The molecular formula is H84O40W12+4. The van der Waals surface area contributed by atoms with Crippen LogP contribution in [-0.4, -0.2) is 197 Å². The van der Waals surface area contributed by atoms with Crippen LogP contribution >= 0.6 is 0 Å². The molecule has 0 radical (unpaired) electrons. The molecule has 0 aromatic rings. The van der Waals surface area contributed by atoms with Gasteiger partial charge in [0.1, 0.15) is 0 Å². The van der Waals surface area contributed by atoms with E-state index >= 15 is 0 Å². The summed E-state index contributed by atoms with van der Waals surface area (Å²) in [4.78, 5) is 0. The number of rotatable bonds is 0. The van der Waals surface area contributed by atoms with Gasteiger partial charge in [-0.15, -0.1) is 0 Å². The van der Waals surface area contributed by atoms with E-state index in [4.69, 9.17) is 0 Å². The standard InChI is InChI=1S/40H2O.12W/h40*1H2;;;;;;;;;;;;/p+4. The summed E-state index contributed by atoms with van der Waals surface area (Å²) in [6, 6.07) is 0. The van der Waals surface area contributed by atoms with E-state index in [0.717, 1.165) is 0 Å². The first-order chi connectivity index (χ1) is 0. The summed E-state index contributed by atoms with van der Waals surface area (Å²) < 4.78 is 0. The number of hydrogen-bond acceptors (Lipinski definition) is 0. The fraction of sp³-hybridized carbons (Fsp3) is 0. The maximum absolute atomic E-state index is 0. The van der Waals surface area contributed by atoms with Gasteiger partial charge in [-0.05, 0) is 0 Å². The van der Waals surface area contributed by atoms with E-state index < -0.39 is 0 Å². The first kappa shape index (κ1) is 4400. The Balaban J connectivity index is 0. The van der Waals surface area contributed by atoms with Crippen LogP contribution in [0.1, 0.15) is 0 Å². The van der Waals surface area contributed by atoms with Gasteiger partial charge in [0.05, 0.1) is 0 Å². The van der Waals surface area contributed by atoms with Crippen molar-refractivity contribution in [3.8, 4) is 0 Å². The normalized spacial score (nSPS) is 0. The molecule has 0 aromatic carbocycles. The predicted octanol–water partition coefficient (Wildman–Crippen LogP) is -33.4. The third-order valence-electron chi connectivity index (χ3n) is 0. The molecule has 0 heterocycles. The summed E-state index contributed by atoms with van der Waals surface area (Å²) >= 11 is 0. The molecule has 0 bridgehead atoms. The Morgan fingerprint density at radius 2 is 0.0577 bits per heavy atom. The first-order valence-electron chi connectivity index (χ1n) is 0. The molecular weight excluding hydrogens is 2850 g/mol. The second-order valence-electron chi connectivity index (χ2n) is 0. The summed E-state index contributed by atoms with van der Waals surface area (Å²) in [6.45, 7) is 0. The molecule has 0 unspecified atom stereocenters. The van der Waals surface area contributed by atoms with Gasteiger partial charge in [-0.2, -0.15) is 0 Å². The summed E-state index contributed by atoms with van der Waals surface area (Å²) in [6.07, 6.45) is 0. The summed E-state index contributed by atoms with van der Waals surface area (Å²) in [5.74, 6) is 0. The molecule has 0 amide bonds. The zero-order valence-corrected chi connectivity index (χ0v) is 60.4. The van der Waals surface area contributed by atoms with Gasteiger partial charge in [0.15, 0.2) is 0 Å². The van der Waals surface area contributed by atoms with Crippen LogP contribution in [0.2, 0.25) is 0 Å². The molecule has 0 aliphatic heterocycles. The molecule has 0 atom stereocenters. The molecule has 0 saturated carbocycles. The molecule has 392 valence electrons. The van der Waals surface area contributed by atoms with Gasteiger partial charge in [-0.1, -0.05) is 0 Å². The molecule has 0 aromatic heterocycles. The van der Waals surface area contributed by atoms with Gasteiger partial charge in [0.25, 0.3) is 0 Å². The maximum Gasteiger partial charge on any atom is 0 e. The molecule has 40 nitrogen and oxygen atoms in total. The fourth-order valence-electron chi connectivity index (χ4n) is 0. The van der Waals surface area contributed by atoms with Crippen molar-refractivity contribution in [1.82, 2.24) is 0 Å². The third kappa shape index (κ3) is 3960. The van der Waals surface area contributed by atoms with Crippen LogP contribution in [0.3, 0.4) is 0 Å². The van der Waals surface area contributed by atoms with Crippen molar-refractivity contribution in [2.24, 2.45) is 0 Å². The second kappa shape index (κ2) is 4170. The van der Waals surface area contributed by atoms with Gasteiger partial charge in [-0.3, -0.25) is 0 Å². The molecule has 0 rings (SSSR count). The Hall–Kier alpha value is 6.66. The van der Waals surface area contributed by atoms with Crippen molar-refractivity contribution in [3.63, 3.8) is 0 Å². The zero-order valence-electron chi connectivity index (χ0n) is 25.2. The van der Waals surface area contributed by atoms with Crippen molar-refractivity contribution in [1.29, 1.82) is 0 Å². The molecule has 0 spiro atoms. The Morgan fingerprint density at radius 3 is 0.0577 bits per heavy atom. The SMILES string of the molecule is O.O.O.O.O.O.O.O.O.O.O.O.O.O.O.O.O.O.O.O.O.O.O.O.O.O.O.O.O.O.O.O.O.O.O.O.[OH3+].[OH3+].[OH3+].[OH3+].[W].[W].[W].[W].[W].[W].[W].[W].[W].[W].[W].[W]. The first-order valence-corrected chi connectivity index (χ1v) is 0. The van der Waals surface area contributed by atoms with Crippen LogP contribution in [0.15, 0.2) is 0 Å². The average Bonchev–Trinajstić information content (AvgIpc) is 0. The molecule has 84 N–H and O–H groups in total. The average molecular weight is 2930 g/mol. The Bertz CT molecular complexity index is 40.5. The van der Waals surface area contributed by atoms with Crippen LogP contribution in [0, 0.1) is 0 Å². The molecule has 52 heavy (non-hydrogen) atoms. The molecule has 0 saturated heterocycles. The Labute approximate surface area is 465 Å². The third-order valence-corrected chi connectivity index (χ3v) is 0. The Kier molecular flexibility index (Phi) is 353000. The summed E-state index contributed by atoms with van der Waals surface area (Å²) in [5.41, 5.74) is 0. The van der Waals surface area contributed by atoms with Crippen LogP contribution in [0.5, 0.6) is 0 Å². The van der Waals surface area contributed by atoms with E-state index in [9.17, 15) is 0 Å². The van der Waals surface area contributed by atoms with E-state index in [1.165, 1.54) is 0 Å². The fourth-order valence-corrected chi connectivity index (χ4v) is 0. The van der Waals surface area contributed by atoms with E-state index in [0.29, 0.717) is 0 Å². The zero-order chi connectivity index (χ0) is 0. The van der Waals surface area contributed by atoms with E-state index in [1.54, 1.807) is 0 Å². The summed E-state index contributed by atoms with van der Waals surface area (Å²) in [7, 11) is 0. The van der Waals surface area contributed by atoms with Crippen molar-refractivity contribution < 1.29 is 472 Å². The monoisotopic (exact) mass is 2930 g/mol. The summed E-state index contributed by atoms with van der Waals surface area (Å²) in [5, 5.41) is 0. The van der Waals surface area contributed by atoms with Crippen molar-refractivity contribution >= 4 is 0 Å². The van der Waals surface area contributed by atoms with Gasteiger partial charge < -0.3 is 219 Å². The van der Waals surface area contributed by atoms with Crippen LogP contribution in [-0.2, 0) is 275 Å². The largest absolute Gasteiger partial charge is 0.457 e. The van der Waals surface area contributed by atoms with E-state index in [1.807, 2.05) is 0 Å². The molecule has 0 aliphatic carbocycles. The quantitative estimate of drug-likeness (QED) is 0.204. The smallest absolute Gasteiger partial charge is 0 e. The topological polar surface area (TPSA) is 1270 Å². The maximum atomic E-state index is 0. The second-order valence-corrected chi connectivity index (χ2v) is 0.